The normalized spacial score (nSPS) is 10.6. The van der Waals surface area contributed by atoms with Crippen LogP contribution in [0.1, 0.15) is 23.1 Å². The zero-order valence-electron chi connectivity index (χ0n) is 9.13. The molecule has 5 nitrogen and oxygen atoms in total. The van der Waals surface area contributed by atoms with Crippen LogP contribution >= 0.6 is 0 Å². The van der Waals surface area contributed by atoms with Crippen molar-refractivity contribution in [1.29, 1.82) is 0 Å². The number of carbonyl (C=O) groups excluding carboxylic acids is 1. The molecular weight excluding hydrogens is 234 g/mol. The first kappa shape index (κ1) is 13.3. The maximum absolute atomic E-state index is 12.8. The minimum absolute atomic E-state index is 0.0203. The number of rotatable bonds is 4. The number of alkyl halides is 2. The van der Waals surface area contributed by atoms with Crippen molar-refractivity contribution >= 4 is 5.97 Å². The number of nitrogens with one attached hydrogen (secondary N) is 1. The Bertz CT molecular complexity index is 471. The van der Waals surface area contributed by atoms with E-state index in [9.17, 15) is 18.4 Å². The fraction of sp³-hybridized carbons (Fsp3) is 0.400. The number of ether oxygens (including phenoxy) is 1. The molecule has 1 aromatic rings. The highest BCUT2D eigenvalue weighted by Gasteiger charge is 2.21. The van der Waals surface area contributed by atoms with E-state index >= 15 is 0 Å². The minimum atomic E-state index is -2.87. The third-order valence-corrected chi connectivity index (χ3v) is 2.31. The summed E-state index contributed by atoms with van der Waals surface area (Å²) in [4.78, 5) is 24.6. The number of halogens is 2. The molecule has 0 amide bonds. The number of hydrogen-bond donors (Lipinski definition) is 2. The molecule has 17 heavy (non-hydrogen) atoms. The van der Waals surface area contributed by atoms with Crippen LogP contribution in [0.15, 0.2) is 11.0 Å². The van der Waals surface area contributed by atoms with E-state index in [-0.39, 0.29) is 24.1 Å². The van der Waals surface area contributed by atoms with Gasteiger partial charge in [0.1, 0.15) is 0 Å². The Morgan fingerprint density at radius 1 is 1.59 bits per heavy atom. The van der Waals surface area contributed by atoms with Gasteiger partial charge in [-0.15, -0.1) is 0 Å². The summed E-state index contributed by atoms with van der Waals surface area (Å²) in [7, 11) is 1.15. The Morgan fingerprint density at radius 3 is 2.71 bits per heavy atom. The number of pyridine rings is 1. The van der Waals surface area contributed by atoms with Crippen molar-refractivity contribution in [3.05, 3.63) is 33.2 Å². The first-order chi connectivity index (χ1) is 8.01. The predicted molar refractivity (Wildman–Crippen MR) is 55.6 cm³/mol. The first-order valence-electron chi connectivity index (χ1n) is 4.79. The van der Waals surface area contributed by atoms with Gasteiger partial charge in [0.2, 0.25) is 0 Å². The molecule has 0 radical (unpaired) electrons. The van der Waals surface area contributed by atoms with Crippen LogP contribution < -0.4 is 11.3 Å². The maximum atomic E-state index is 12.8. The third kappa shape index (κ3) is 2.88. The number of nitrogens with two attached hydrogens (primary N) is 1. The second-order valence-corrected chi connectivity index (χ2v) is 3.29. The molecular formula is C10H12F2N2O3. The molecule has 0 saturated carbocycles. The SMILES string of the molecule is COC(=O)Cc1c[nH]c(=O)c(CN)c1C(F)F. The molecule has 0 fully saturated rings. The molecule has 94 valence electrons. The van der Waals surface area contributed by atoms with Crippen LogP contribution in [0.25, 0.3) is 0 Å². The van der Waals surface area contributed by atoms with Crippen molar-refractivity contribution in [1.82, 2.24) is 4.98 Å². The molecule has 1 rings (SSSR count). The Morgan fingerprint density at radius 2 is 2.24 bits per heavy atom. The van der Waals surface area contributed by atoms with Gasteiger partial charge in [-0.3, -0.25) is 9.59 Å². The first-order valence-corrected chi connectivity index (χ1v) is 4.79. The highest BCUT2D eigenvalue weighted by atomic mass is 19.3. The summed E-state index contributed by atoms with van der Waals surface area (Å²) in [6, 6.07) is 0. The monoisotopic (exact) mass is 246 g/mol. The fourth-order valence-electron chi connectivity index (χ4n) is 1.48. The zero-order chi connectivity index (χ0) is 13.0. The van der Waals surface area contributed by atoms with Gasteiger partial charge in [0.05, 0.1) is 13.5 Å². The van der Waals surface area contributed by atoms with Crippen LogP contribution in [0, 0.1) is 0 Å². The highest BCUT2D eigenvalue weighted by molar-refractivity contribution is 5.73. The summed E-state index contributed by atoms with van der Waals surface area (Å²) in [5.41, 5.74) is 3.91. The molecule has 0 saturated heterocycles. The van der Waals surface area contributed by atoms with Crippen molar-refractivity contribution in [2.75, 3.05) is 7.11 Å². The number of esters is 1. The Balaban J connectivity index is 3.30. The molecule has 0 atom stereocenters. The summed E-state index contributed by atoms with van der Waals surface area (Å²) in [5.74, 6) is -0.665. The molecule has 0 aromatic carbocycles. The van der Waals surface area contributed by atoms with Gasteiger partial charge in [-0.05, 0) is 5.56 Å². The zero-order valence-corrected chi connectivity index (χ0v) is 9.13. The van der Waals surface area contributed by atoms with E-state index in [1.807, 2.05) is 0 Å². The molecule has 7 heteroatoms. The van der Waals surface area contributed by atoms with Gasteiger partial charge in [-0.2, -0.15) is 0 Å². The van der Waals surface area contributed by atoms with Crippen LogP contribution in [0.3, 0.4) is 0 Å². The van der Waals surface area contributed by atoms with E-state index in [4.69, 9.17) is 5.73 Å². The minimum Gasteiger partial charge on any atom is -0.469 e. The van der Waals surface area contributed by atoms with Crippen molar-refractivity contribution < 1.29 is 18.3 Å². The van der Waals surface area contributed by atoms with Gasteiger partial charge >= 0.3 is 5.97 Å². The summed E-state index contributed by atoms with van der Waals surface area (Å²) >= 11 is 0. The van der Waals surface area contributed by atoms with Crippen LogP contribution in [0.4, 0.5) is 8.78 Å². The van der Waals surface area contributed by atoms with Crippen molar-refractivity contribution in [2.45, 2.75) is 19.4 Å². The number of H-pyrrole nitrogens is 1. The van der Waals surface area contributed by atoms with E-state index in [1.54, 1.807) is 0 Å². The number of aromatic nitrogens is 1. The van der Waals surface area contributed by atoms with Crippen LogP contribution in [-0.2, 0) is 22.5 Å². The quantitative estimate of drug-likeness (QED) is 0.757. The molecule has 1 heterocycles. The molecule has 0 bridgehead atoms. The van der Waals surface area contributed by atoms with E-state index < -0.39 is 23.5 Å². The van der Waals surface area contributed by atoms with Gasteiger partial charge in [-0.1, -0.05) is 0 Å². The number of hydrogen-bond acceptors (Lipinski definition) is 4. The van der Waals surface area contributed by atoms with Crippen molar-refractivity contribution in [2.24, 2.45) is 5.73 Å². The lowest BCUT2D eigenvalue weighted by Crippen LogP contribution is -2.22. The van der Waals surface area contributed by atoms with Crippen LogP contribution in [-0.4, -0.2) is 18.1 Å². The van der Waals surface area contributed by atoms with E-state index in [0.29, 0.717) is 0 Å². The molecule has 0 aliphatic heterocycles. The number of methoxy groups -OCH3 is 1. The van der Waals surface area contributed by atoms with Crippen molar-refractivity contribution in [3.63, 3.8) is 0 Å². The maximum Gasteiger partial charge on any atom is 0.310 e. The van der Waals surface area contributed by atoms with Gasteiger partial charge in [0, 0.05) is 23.9 Å². The highest BCUT2D eigenvalue weighted by Crippen LogP contribution is 2.24. The summed E-state index contributed by atoms with van der Waals surface area (Å²) in [6.07, 6.45) is -2.12. The Hall–Kier alpha value is -1.76. The standard InChI is InChI=1S/C10H12F2N2O3/c1-17-7(15)2-5-4-14-10(16)6(3-13)8(5)9(11)12/h4,9H,2-3,13H2,1H3,(H,14,16). The molecule has 0 aliphatic carbocycles. The molecule has 0 spiro atoms. The van der Waals surface area contributed by atoms with Gasteiger partial charge in [0.25, 0.3) is 12.0 Å². The topological polar surface area (TPSA) is 85.2 Å². The smallest absolute Gasteiger partial charge is 0.310 e. The summed E-state index contributed by atoms with van der Waals surface area (Å²) < 4.78 is 30.1. The summed E-state index contributed by atoms with van der Waals surface area (Å²) in [6.45, 7) is -0.315. The lowest BCUT2D eigenvalue weighted by molar-refractivity contribution is -0.139. The second kappa shape index (κ2) is 5.53. The van der Waals surface area contributed by atoms with Crippen LogP contribution in [0.5, 0.6) is 0 Å². The molecule has 1 aromatic heterocycles. The average molecular weight is 246 g/mol. The van der Waals surface area contributed by atoms with Gasteiger partial charge in [-0.25, -0.2) is 8.78 Å². The molecule has 3 N–H and O–H groups in total. The van der Waals surface area contributed by atoms with E-state index in [2.05, 4.69) is 9.72 Å². The number of carbonyl (C=O) groups is 1. The van der Waals surface area contributed by atoms with Gasteiger partial charge < -0.3 is 15.5 Å². The van der Waals surface area contributed by atoms with Gasteiger partial charge in [0.15, 0.2) is 0 Å². The summed E-state index contributed by atoms with van der Waals surface area (Å²) in [5, 5.41) is 0. The Labute approximate surface area is 95.6 Å². The Kier molecular flexibility index (Phi) is 4.33. The molecule has 0 aliphatic rings. The largest absolute Gasteiger partial charge is 0.469 e. The lowest BCUT2D eigenvalue weighted by Gasteiger charge is -2.11. The van der Waals surface area contributed by atoms with E-state index in [0.717, 1.165) is 13.3 Å². The second-order valence-electron chi connectivity index (χ2n) is 3.29. The molecule has 0 unspecified atom stereocenters. The van der Waals surface area contributed by atoms with Crippen LogP contribution in [0.2, 0.25) is 0 Å². The number of aromatic amines is 1. The lowest BCUT2D eigenvalue weighted by atomic mass is 10.0. The third-order valence-electron chi connectivity index (χ3n) is 2.31. The average Bonchev–Trinajstić information content (AvgIpc) is 2.30. The van der Waals surface area contributed by atoms with Crippen molar-refractivity contribution in [3.8, 4) is 0 Å². The fourth-order valence-corrected chi connectivity index (χ4v) is 1.48. The van der Waals surface area contributed by atoms with E-state index in [1.165, 1.54) is 0 Å². The predicted octanol–water partition coefficient (Wildman–Crippen LogP) is 0.487.